The molecule has 0 rings (SSSR count). The van der Waals surface area contributed by atoms with E-state index in [1.54, 1.807) is 0 Å². The van der Waals surface area contributed by atoms with Gasteiger partial charge in [-0.3, -0.25) is 4.79 Å². The van der Waals surface area contributed by atoms with E-state index in [0.29, 0.717) is 0 Å². The Morgan fingerprint density at radius 1 is 1.71 bits per heavy atom. The molecule has 0 unspecified atom stereocenters. The molecular weight excluding hydrogens is 164 g/mol. The average Bonchev–Trinajstić information content (AvgIpc) is 1.38. The Balaban J connectivity index is -0.0000000800. The van der Waals surface area contributed by atoms with Gasteiger partial charge in [0.1, 0.15) is 0 Å². The van der Waals surface area contributed by atoms with Crippen molar-refractivity contribution < 1.29 is 39.5 Å². The Labute approximate surface area is 75.9 Å². The molecule has 2 nitrogen and oxygen atoms in total. The Morgan fingerprint density at radius 3 is 1.86 bits per heavy atom. The minimum atomic E-state index is -0.856. The van der Waals surface area contributed by atoms with Gasteiger partial charge in [-0.25, -0.2) is 0 Å². The van der Waals surface area contributed by atoms with E-state index in [9.17, 15) is 4.79 Å². The van der Waals surface area contributed by atoms with Crippen molar-refractivity contribution in [1.82, 2.24) is 0 Å². The number of hydrogen-bond donors (Lipinski definition) is 1. The summed E-state index contributed by atoms with van der Waals surface area (Å²) in [7, 11) is 0. The number of carbonyl (C=O) groups is 1. The molecule has 0 atom stereocenters. The largest absolute Gasteiger partial charge is 1.00 e. The smallest absolute Gasteiger partial charge is 0.483 e. The van der Waals surface area contributed by atoms with Gasteiger partial charge in [-0.2, -0.15) is 0 Å². The van der Waals surface area contributed by atoms with Gasteiger partial charge in [0, 0.05) is 17.6 Å². The second-order valence-electron chi connectivity index (χ2n) is 0.644. The maximum atomic E-state index is 9.31. The summed E-state index contributed by atoms with van der Waals surface area (Å²) in [6, 6.07) is 0. The molecule has 0 spiro atoms. The molecule has 0 saturated carbocycles. The van der Waals surface area contributed by atoms with E-state index < -0.39 is 5.97 Å². The predicted octanol–water partition coefficient (Wildman–Crippen LogP) is -3.08. The average molecular weight is 169 g/mol. The van der Waals surface area contributed by atoms with Crippen LogP contribution in [0, 0.1) is 6.92 Å². The molecule has 4 radical (unpaired) electrons. The van der Waals surface area contributed by atoms with Crippen molar-refractivity contribution >= 4 is 23.6 Å². The van der Waals surface area contributed by atoms with Crippen LogP contribution in [0.2, 0.25) is 0 Å². The quantitative estimate of drug-likeness (QED) is 0.333. The third-order valence-electron chi connectivity index (χ3n) is 0.214. The summed E-state index contributed by atoms with van der Waals surface area (Å²) in [5, 5.41) is 7.66. The van der Waals surface area contributed by atoms with Crippen molar-refractivity contribution in [3.63, 3.8) is 0 Å². The van der Waals surface area contributed by atoms with E-state index in [4.69, 9.17) is 5.11 Å². The minimum Gasteiger partial charge on any atom is -0.483 e. The van der Waals surface area contributed by atoms with Crippen LogP contribution in [-0.2, 0) is 4.79 Å². The molecule has 0 saturated heterocycles. The molecule has 0 aromatic carbocycles. The Kier molecular flexibility index (Phi) is 22.6. The normalized spacial score (nSPS) is 5.29. The second-order valence-corrected chi connectivity index (χ2v) is 0.644. The molecule has 34 valence electrons. The van der Waals surface area contributed by atoms with Crippen LogP contribution in [0.4, 0.5) is 0 Å². The number of hydrogen-bond acceptors (Lipinski definition) is 1. The van der Waals surface area contributed by atoms with Crippen LogP contribution >= 0.6 is 0 Å². The molecule has 7 heavy (non-hydrogen) atoms. The third kappa shape index (κ3) is 19.4. The van der Waals surface area contributed by atoms with Gasteiger partial charge in [0.25, 0.3) is 5.97 Å². The monoisotopic (exact) mass is 170 g/mol. The molecule has 0 amide bonds. The first-order valence-corrected chi connectivity index (χ1v) is 1.28. The fourth-order valence-electron chi connectivity index (χ4n) is 0. The topological polar surface area (TPSA) is 37.3 Å². The molecule has 0 heterocycles. The summed E-state index contributed by atoms with van der Waals surface area (Å²) in [6.07, 6.45) is -0.0278. The number of aliphatic carboxylic acids is 1. The van der Waals surface area contributed by atoms with Crippen LogP contribution < -0.4 is 29.6 Å². The van der Waals surface area contributed by atoms with Gasteiger partial charge in [0.05, 0.1) is 0 Å². The number of carboxylic acid groups (broad SMARTS) is 1. The maximum Gasteiger partial charge on any atom is 1.00 e. The van der Waals surface area contributed by atoms with Crippen LogP contribution in [0.25, 0.3) is 0 Å². The summed E-state index contributed by atoms with van der Waals surface area (Å²) < 4.78 is 0. The molecule has 1 N–H and O–H groups in total. The molecule has 0 aromatic heterocycles. The van der Waals surface area contributed by atoms with Crippen molar-refractivity contribution in [2.45, 2.75) is 6.42 Å². The van der Waals surface area contributed by atoms with Crippen molar-refractivity contribution in [2.24, 2.45) is 0 Å². The molecule has 0 aliphatic heterocycles. The van der Waals surface area contributed by atoms with Crippen molar-refractivity contribution in [1.29, 1.82) is 0 Å². The molecule has 0 aliphatic rings. The maximum absolute atomic E-state index is 9.31. The Hall–Kier alpha value is 1.01. The van der Waals surface area contributed by atoms with E-state index in [1.807, 2.05) is 0 Å². The van der Waals surface area contributed by atoms with E-state index in [-0.39, 0.29) is 53.6 Å². The summed E-state index contributed by atoms with van der Waals surface area (Å²) in [5.41, 5.74) is 0. The zero-order valence-corrected chi connectivity index (χ0v) is 8.37. The van der Waals surface area contributed by atoms with Gasteiger partial charge in [-0.1, -0.05) is 6.42 Å². The standard InChI is InChI=1S/C3H5O2.Ge.Na/c1-2-3(4)5;;/h1-2H2,(H,4,5);;/q-1;;+1. The van der Waals surface area contributed by atoms with Gasteiger partial charge in [-0.05, 0) is 0 Å². The van der Waals surface area contributed by atoms with Gasteiger partial charge in [-0.15, -0.1) is 0 Å². The van der Waals surface area contributed by atoms with E-state index in [0.717, 1.165) is 0 Å². The zero-order chi connectivity index (χ0) is 4.28. The van der Waals surface area contributed by atoms with Crippen molar-refractivity contribution in [3.8, 4) is 0 Å². The fourth-order valence-corrected chi connectivity index (χ4v) is 0. The fraction of sp³-hybridized carbons (Fsp3) is 0.333. The number of rotatable bonds is 1. The molecule has 4 heteroatoms. The van der Waals surface area contributed by atoms with Gasteiger partial charge >= 0.3 is 29.6 Å². The molecule has 0 bridgehead atoms. The van der Waals surface area contributed by atoms with Gasteiger partial charge < -0.3 is 12.0 Å². The summed E-state index contributed by atoms with van der Waals surface area (Å²) >= 11 is 0. The van der Waals surface area contributed by atoms with E-state index in [2.05, 4.69) is 6.92 Å². The van der Waals surface area contributed by atoms with Crippen LogP contribution in [-0.4, -0.2) is 28.7 Å². The van der Waals surface area contributed by atoms with Gasteiger partial charge in [0.15, 0.2) is 0 Å². The predicted molar refractivity (Wildman–Crippen MR) is 23.4 cm³/mol. The first-order valence-electron chi connectivity index (χ1n) is 1.28. The van der Waals surface area contributed by atoms with Crippen LogP contribution in [0.5, 0.6) is 0 Å². The summed E-state index contributed by atoms with van der Waals surface area (Å²) in [4.78, 5) is 9.31. The zero-order valence-electron chi connectivity index (χ0n) is 4.27. The Bertz CT molecular complexity index is 48.2. The van der Waals surface area contributed by atoms with Gasteiger partial charge in [0.2, 0.25) is 0 Å². The minimum absolute atomic E-state index is 0. The summed E-state index contributed by atoms with van der Waals surface area (Å²) in [6.45, 7) is 3.09. The molecule has 0 aromatic rings. The SMILES string of the molecule is [CH2-]CC(=O)O.[Ge].[Na+]. The Morgan fingerprint density at radius 2 is 1.86 bits per heavy atom. The third-order valence-corrected chi connectivity index (χ3v) is 0.214. The van der Waals surface area contributed by atoms with Crippen molar-refractivity contribution in [3.05, 3.63) is 6.92 Å². The van der Waals surface area contributed by atoms with Crippen LogP contribution in [0.15, 0.2) is 0 Å². The second kappa shape index (κ2) is 10.1. The van der Waals surface area contributed by atoms with Crippen LogP contribution in [0.3, 0.4) is 0 Å². The molecular formula is C3H5GeNaO2. The van der Waals surface area contributed by atoms with Crippen molar-refractivity contribution in [2.75, 3.05) is 0 Å². The molecule has 0 aliphatic carbocycles. The first kappa shape index (κ1) is 15.7. The number of carboxylic acids is 1. The van der Waals surface area contributed by atoms with E-state index >= 15 is 0 Å². The first-order chi connectivity index (χ1) is 2.27. The summed E-state index contributed by atoms with van der Waals surface area (Å²) in [5.74, 6) is -0.856. The van der Waals surface area contributed by atoms with Crippen LogP contribution in [0.1, 0.15) is 6.42 Å². The van der Waals surface area contributed by atoms with E-state index in [1.165, 1.54) is 0 Å². The molecule has 0 fully saturated rings.